The predicted octanol–water partition coefficient (Wildman–Crippen LogP) is 4.00. The summed E-state index contributed by atoms with van der Waals surface area (Å²) < 4.78 is 0. The van der Waals surface area contributed by atoms with Crippen LogP contribution in [0.4, 0.5) is 16.3 Å². The standard InChI is InChI=1S/C14H14ClN3O/c1-9-6-7-11(8-12(9)15)17-14(19)18-13-5-3-4-10(2)16-13/h3-8H,1-2H3,(H2,16,17,18,19). The van der Waals surface area contributed by atoms with E-state index < -0.39 is 0 Å². The second kappa shape index (κ2) is 5.71. The Hall–Kier alpha value is -2.07. The molecule has 2 rings (SSSR count). The van der Waals surface area contributed by atoms with E-state index in [1.54, 1.807) is 18.2 Å². The molecule has 4 nitrogen and oxygen atoms in total. The van der Waals surface area contributed by atoms with Gasteiger partial charge in [0.2, 0.25) is 0 Å². The van der Waals surface area contributed by atoms with Crippen molar-refractivity contribution in [3.8, 4) is 0 Å². The van der Waals surface area contributed by atoms with Gasteiger partial charge in [-0.05, 0) is 43.7 Å². The van der Waals surface area contributed by atoms with Crippen LogP contribution in [0.1, 0.15) is 11.3 Å². The zero-order chi connectivity index (χ0) is 13.8. The highest BCUT2D eigenvalue weighted by Gasteiger charge is 2.04. The van der Waals surface area contributed by atoms with Crippen molar-refractivity contribution in [3.63, 3.8) is 0 Å². The van der Waals surface area contributed by atoms with Gasteiger partial charge < -0.3 is 5.32 Å². The first-order valence-electron chi connectivity index (χ1n) is 5.82. The zero-order valence-corrected chi connectivity index (χ0v) is 11.5. The average molecular weight is 276 g/mol. The van der Waals surface area contributed by atoms with E-state index in [9.17, 15) is 4.79 Å². The molecule has 0 saturated carbocycles. The monoisotopic (exact) mass is 275 g/mol. The van der Waals surface area contributed by atoms with Crippen LogP contribution in [0.5, 0.6) is 0 Å². The van der Waals surface area contributed by atoms with E-state index in [0.717, 1.165) is 11.3 Å². The van der Waals surface area contributed by atoms with Gasteiger partial charge in [0.1, 0.15) is 5.82 Å². The van der Waals surface area contributed by atoms with E-state index in [1.165, 1.54) is 0 Å². The molecule has 1 aromatic carbocycles. The zero-order valence-electron chi connectivity index (χ0n) is 10.7. The molecule has 2 amide bonds. The van der Waals surface area contributed by atoms with Gasteiger partial charge in [-0.15, -0.1) is 0 Å². The maximum Gasteiger partial charge on any atom is 0.324 e. The fourth-order valence-electron chi connectivity index (χ4n) is 1.56. The minimum atomic E-state index is -0.349. The van der Waals surface area contributed by atoms with Crippen LogP contribution < -0.4 is 10.6 Å². The number of urea groups is 1. The van der Waals surface area contributed by atoms with Crippen LogP contribution in [0, 0.1) is 13.8 Å². The van der Waals surface area contributed by atoms with Gasteiger partial charge >= 0.3 is 6.03 Å². The molecule has 0 atom stereocenters. The number of aryl methyl sites for hydroxylation is 2. The molecule has 19 heavy (non-hydrogen) atoms. The highest BCUT2D eigenvalue weighted by atomic mass is 35.5. The fourth-order valence-corrected chi connectivity index (χ4v) is 1.74. The van der Waals surface area contributed by atoms with E-state index >= 15 is 0 Å². The SMILES string of the molecule is Cc1cccc(NC(=O)Nc2ccc(C)c(Cl)c2)n1. The second-order valence-electron chi connectivity index (χ2n) is 4.21. The lowest BCUT2D eigenvalue weighted by Crippen LogP contribution is -2.20. The number of aromatic nitrogens is 1. The number of rotatable bonds is 2. The van der Waals surface area contributed by atoms with E-state index in [4.69, 9.17) is 11.6 Å². The van der Waals surface area contributed by atoms with Crippen LogP contribution in [-0.4, -0.2) is 11.0 Å². The summed E-state index contributed by atoms with van der Waals surface area (Å²) in [5.74, 6) is 0.510. The van der Waals surface area contributed by atoms with E-state index in [0.29, 0.717) is 16.5 Å². The highest BCUT2D eigenvalue weighted by molar-refractivity contribution is 6.31. The molecule has 1 aromatic heterocycles. The third kappa shape index (κ3) is 3.69. The van der Waals surface area contributed by atoms with Gasteiger partial charge in [-0.2, -0.15) is 0 Å². The lowest BCUT2D eigenvalue weighted by Gasteiger charge is -2.08. The van der Waals surface area contributed by atoms with Crippen molar-refractivity contribution in [1.82, 2.24) is 4.98 Å². The number of anilines is 2. The molecule has 2 aromatic rings. The summed E-state index contributed by atoms with van der Waals surface area (Å²) in [4.78, 5) is 16.0. The summed E-state index contributed by atoms with van der Waals surface area (Å²) in [6.45, 7) is 3.77. The van der Waals surface area contributed by atoms with Crippen LogP contribution in [0.2, 0.25) is 5.02 Å². The largest absolute Gasteiger partial charge is 0.324 e. The number of benzene rings is 1. The first-order chi connectivity index (χ1) is 9.04. The predicted molar refractivity (Wildman–Crippen MR) is 77.8 cm³/mol. The Bertz CT molecular complexity index is 613. The Morgan fingerprint density at radius 1 is 1.16 bits per heavy atom. The third-order valence-electron chi connectivity index (χ3n) is 2.56. The molecule has 5 heteroatoms. The Balaban J connectivity index is 2.03. The summed E-state index contributed by atoms with van der Waals surface area (Å²) in [7, 11) is 0. The number of carbonyl (C=O) groups excluding carboxylic acids is 1. The lowest BCUT2D eigenvalue weighted by molar-refractivity contribution is 0.262. The van der Waals surface area contributed by atoms with Crippen molar-refractivity contribution in [3.05, 3.63) is 52.7 Å². The minimum absolute atomic E-state index is 0.349. The molecular formula is C14H14ClN3O. The van der Waals surface area contributed by atoms with Gasteiger partial charge in [-0.25, -0.2) is 9.78 Å². The lowest BCUT2D eigenvalue weighted by atomic mass is 10.2. The Morgan fingerprint density at radius 2 is 1.95 bits per heavy atom. The number of halogens is 1. The number of pyridine rings is 1. The van der Waals surface area contributed by atoms with Crippen molar-refractivity contribution in [2.75, 3.05) is 10.6 Å². The molecule has 0 fully saturated rings. The number of nitrogens with one attached hydrogen (secondary N) is 2. The van der Waals surface area contributed by atoms with Crippen molar-refractivity contribution in [2.24, 2.45) is 0 Å². The molecule has 0 radical (unpaired) electrons. The second-order valence-corrected chi connectivity index (χ2v) is 4.61. The highest BCUT2D eigenvalue weighted by Crippen LogP contribution is 2.20. The van der Waals surface area contributed by atoms with Gasteiger partial charge in [0, 0.05) is 16.4 Å². The van der Waals surface area contributed by atoms with Crippen molar-refractivity contribution in [1.29, 1.82) is 0 Å². The van der Waals surface area contributed by atoms with Gasteiger partial charge in [0.25, 0.3) is 0 Å². The summed E-state index contributed by atoms with van der Waals surface area (Å²) in [6.07, 6.45) is 0. The minimum Gasteiger partial charge on any atom is -0.308 e. The molecule has 1 heterocycles. The summed E-state index contributed by atoms with van der Waals surface area (Å²) in [5.41, 5.74) is 2.45. The number of amides is 2. The summed E-state index contributed by atoms with van der Waals surface area (Å²) in [6, 6.07) is 10.4. The van der Waals surface area contributed by atoms with Crippen LogP contribution in [0.25, 0.3) is 0 Å². The molecule has 0 aliphatic rings. The van der Waals surface area contributed by atoms with Crippen molar-refractivity contribution in [2.45, 2.75) is 13.8 Å². The van der Waals surface area contributed by atoms with Gasteiger partial charge in [-0.1, -0.05) is 23.7 Å². The molecule has 0 saturated heterocycles. The average Bonchev–Trinajstić information content (AvgIpc) is 2.34. The quantitative estimate of drug-likeness (QED) is 0.870. The van der Waals surface area contributed by atoms with Crippen molar-refractivity contribution >= 4 is 29.1 Å². The van der Waals surface area contributed by atoms with Crippen LogP contribution >= 0.6 is 11.6 Å². The maximum atomic E-state index is 11.8. The number of hydrogen-bond acceptors (Lipinski definition) is 2. The molecule has 98 valence electrons. The molecule has 0 aliphatic heterocycles. The van der Waals surface area contributed by atoms with E-state index in [-0.39, 0.29) is 6.03 Å². The Morgan fingerprint density at radius 3 is 2.63 bits per heavy atom. The fraction of sp³-hybridized carbons (Fsp3) is 0.143. The smallest absolute Gasteiger partial charge is 0.308 e. The van der Waals surface area contributed by atoms with E-state index in [1.807, 2.05) is 32.0 Å². The van der Waals surface area contributed by atoms with Crippen molar-refractivity contribution < 1.29 is 4.79 Å². The summed E-state index contributed by atoms with van der Waals surface area (Å²) in [5, 5.41) is 5.98. The summed E-state index contributed by atoms with van der Waals surface area (Å²) >= 11 is 5.99. The van der Waals surface area contributed by atoms with Crippen LogP contribution in [0.3, 0.4) is 0 Å². The molecular weight excluding hydrogens is 262 g/mol. The molecule has 0 spiro atoms. The maximum absolute atomic E-state index is 11.8. The molecule has 2 N–H and O–H groups in total. The first-order valence-corrected chi connectivity index (χ1v) is 6.20. The number of hydrogen-bond donors (Lipinski definition) is 2. The van der Waals surface area contributed by atoms with E-state index in [2.05, 4.69) is 15.6 Å². The first kappa shape index (κ1) is 13.4. The molecule has 0 bridgehead atoms. The third-order valence-corrected chi connectivity index (χ3v) is 2.97. The van der Waals surface area contributed by atoms with Crippen LogP contribution in [-0.2, 0) is 0 Å². The topological polar surface area (TPSA) is 54.0 Å². The van der Waals surface area contributed by atoms with Gasteiger partial charge in [-0.3, -0.25) is 5.32 Å². The Labute approximate surface area is 116 Å². The molecule has 0 unspecified atom stereocenters. The number of nitrogens with zero attached hydrogens (tertiary/aromatic N) is 1. The van der Waals surface area contributed by atoms with Crippen LogP contribution in [0.15, 0.2) is 36.4 Å². The molecule has 0 aliphatic carbocycles. The Kier molecular flexibility index (Phi) is 4.02. The number of carbonyl (C=O) groups is 1. The van der Waals surface area contributed by atoms with Gasteiger partial charge in [0.15, 0.2) is 0 Å². The normalized spacial score (nSPS) is 10.1. The van der Waals surface area contributed by atoms with Gasteiger partial charge in [0.05, 0.1) is 0 Å².